The number of rotatable bonds is 9. The van der Waals surface area contributed by atoms with Crippen molar-refractivity contribution in [1.82, 2.24) is 15.2 Å². The number of nitrogens with one attached hydrogen (secondary N) is 2. The Morgan fingerprint density at radius 1 is 1.18 bits per heavy atom. The molecule has 2 N–H and O–H groups in total. The molecule has 0 spiro atoms. The second-order valence-electron chi connectivity index (χ2n) is 7.64. The Morgan fingerprint density at radius 3 is 2.64 bits per heavy atom. The van der Waals surface area contributed by atoms with E-state index in [2.05, 4.69) is 10.3 Å². The van der Waals surface area contributed by atoms with Gasteiger partial charge in [-0.3, -0.25) is 9.59 Å². The Hall–Kier alpha value is -3.88. The Kier molecular flexibility index (Phi) is 7.66. The molecule has 0 bridgehead atoms. The highest BCUT2D eigenvalue weighted by Crippen LogP contribution is 2.20. The van der Waals surface area contributed by atoms with Gasteiger partial charge in [0.2, 0.25) is 5.91 Å². The summed E-state index contributed by atoms with van der Waals surface area (Å²) in [5.41, 5.74) is 2.31. The van der Waals surface area contributed by atoms with E-state index < -0.39 is 30.3 Å². The van der Waals surface area contributed by atoms with E-state index in [1.165, 1.54) is 38.1 Å². The number of nitrogens with zero attached hydrogens (tertiary/aromatic N) is 1. The quantitative estimate of drug-likeness (QED) is 0.483. The third-order valence-corrected chi connectivity index (χ3v) is 5.16. The Balaban J connectivity index is 1.60. The fourth-order valence-electron chi connectivity index (χ4n) is 3.47. The highest BCUT2D eigenvalue weighted by molar-refractivity contribution is 5.88. The van der Waals surface area contributed by atoms with Gasteiger partial charge in [0.25, 0.3) is 5.91 Å². The van der Waals surface area contributed by atoms with Crippen LogP contribution in [0.5, 0.6) is 5.75 Å². The van der Waals surface area contributed by atoms with Crippen molar-refractivity contribution in [3.05, 3.63) is 65.6 Å². The highest BCUT2D eigenvalue weighted by Gasteiger charge is 2.24. The number of aromatic amines is 1. The second kappa shape index (κ2) is 10.6. The van der Waals surface area contributed by atoms with Crippen molar-refractivity contribution in [3.63, 3.8) is 0 Å². The van der Waals surface area contributed by atoms with Gasteiger partial charge in [-0.1, -0.05) is 24.3 Å². The topological polar surface area (TPSA) is 101 Å². The van der Waals surface area contributed by atoms with E-state index in [-0.39, 0.29) is 24.6 Å². The van der Waals surface area contributed by atoms with E-state index in [1.54, 1.807) is 12.3 Å². The molecule has 0 saturated carbocycles. The number of amides is 2. The molecule has 0 saturated heterocycles. The predicted molar refractivity (Wildman–Crippen MR) is 120 cm³/mol. The van der Waals surface area contributed by atoms with Crippen LogP contribution in [0, 0.1) is 5.82 Å². The second-order valence-corrected chi connectivity index (χ2v) is 7.64. The summed E-state index contributed by atoms with van der Waals surface area (Å²) in [6.45, 7) is 0.933. The van der Waals surface area contributed by atoms with Gasteiger partial charge in [-0.2, -0.15) is 0 Å². The number of carbonyl (C=O) groups excluding carboxylic acids is 3. The van der Waals surface area contributed by atoms with Crippen LogP contribution in [0.3, 0.4) is 0 Å². The number of methoxy groups -OCH3 is 1. The Labute approximate surface area is 190 Å². The molecule has 0 unspecified atom stereocenters. The highest BCUT2D eigenvalue weighted by atomic mass is 19.1. The summed E-state index contributed by atoms with van der Waals surface area (Å²) in [6, 6.07) is 11.1. The zero-order valence-electron chi connectivity index (χ0n) is 18.7. The first-order valence-corrected chi connectivity index (χ1v) is 10.3. The number of hydrogen-bond acceptors (Lipinski definition) is 5. The molecule has 1 heterocycles. The number of likely N-dealkylation sites (N-methyl/N-ethyl adjacent to an activating group) is 1. The van der Waals surface area contributed by atoms with E-state index >= 15 is 0 Å². The number of halogens is 1. The van der Waals surface area contributed by atoms with Crippen LogP contribution >= 0.6 is 0 Å². The first kappa shape index (κ1) is 23.8. The third-order valence-electron chi connectivity index (χ3n) is 5.16. The molecule has 2 aromatic carbocycles. The minimum atomic E-state index is -0.949. The standard InChI is InChI=1S/C24H26FN3O5/c1-15(29)27-21(11-17-12-26-20-7-5-4-6-18(17)20)24(31)33-14-23(30)28(2)13-16-8-9-22(32-3)19(25)10-16/h4-10,12,21,26H,11,13-14H2,1-3H3,(H,27,29)/t21-/m0/s1. The normalized spacial score (nSPS) is 11.6. The number of esters is 1. The number of hydrogen-bond donors (Lipinski definition) is 2. The van der Waals surface area contributed by atoms with Crippen LogP contribution < -0.4 is 10.1 Å². The molecule has 8 nitrogen and oxygen atoms in total. The lowest BCUT2D eigenvalue weighted by atomic mass is 10.0. The molecule has 0 aliphatic rings. The fourth-order valence-corrected chi connectivity index (χ4v) is 3.47. The average molecular weight is 455 g/mol. The maximum Gasteiger partial charge on any atom is 0.329 e. The van der Waals surface area contributed by atoms with Crippen molar-refractivity contribution in [1.29, 1.82) is 0 Å². The molecule has 3 aromatic rings. The van der Waals surface area contributed by atoms with Gasteiger partial charge >= 0.3 is 5.97 Å². The van der Waals surface area contributed by atoms with Crippen molar-refractivity contribution in [2.75, 3.05) is 20.8 Å². The summed E-state index contributed by atoms with van der Waals surface area (Å²) >= 11 is 0. The summed E-state index contributed by atoms with van der Waals surface area (Å²) in [4.78, 5) is 41.2. The molecule has 33 heavy (non-hydrogen) atoms. The van der Waals surface area contributed by atoms with Gasteiger partial charge in [-0.25, -0.2) is 9.18 Å². The van der Waals surface area contributed by atoms with Crippen LogP contribution in [0.4, 0.5) is 4.39 Å². The zero-order valence-corrected chi connectivity index (χ0v) is 18.7. The van der Waals surface area contributed by atoms with E-state index in [4.69, 9.17) is 9.47 Å². The molecule has 0 aliphatic heterocycles. The van der Waals surface area contributed by atoms with Gasteiger partial charge in [0.1, 0.15) is 6.04 Å². The number of aromatic nitrogens is 1. The molecule has 9 heteroatoms. The molecule has 0 fully saturated rings. The molecule has 2 amide bonds. The minimum absolute atomic E-state index is 0.112. The van der Waals surface area contributed by atoms with E-state index in [1.807, 2.05) is 24.3 Å². The van der Waals surface area contributed by atoms with Gasteiger partial charge < -0.3 is 24.7 Å². The molecular weight excluding hydrogens is 429 g/mol. The lowest BCUT2D eigenvalue weighted by molar-refractivity contribution is -0.154. The lowest BCUT2D eigenvalue weighted by Gasteiger charge is -2.20. The van der Waals surface area contributed by atoms with Crippen molar-refractivity contribution in [2.45, 2.75) is 25.9 Å². The number of para-hydroxylation sites is 1. The van der Waals surface area contributed by atoms with Gasteiger partial charge in [-0.05, 0) is 29.3 Å². The number of benzene rings is 2. The number of ether oxygens (including phenoxy) is 2. The minimum Gasteiger partial charge on any atom is -0.494 e. The first-order chi connectivity index (χ1) is 15.8. The average Bonchev–Trinajstić information content (AvgIpc) is 3.19. The molecule has 3 rings (SSSR count). The third kappa shape index (κ3) is 6.09. The molecule has 0 radical (unpaired) electrons. The zero-order chi connectivity index (χ0) is 24.0. The molecular formula is C24H26FN3O5. The summed E-state index contributed by atoms with van der Waals surface area (Å²) in [5.74, 6) is -1.98. The van der Waals surface area contributed by atoms with Gasteiger partial charge in [0.15, 0.2) is 18.2 Å². The van der Waals surface area contributed by atoms with Crippen molar-refractivity contribution in [2.24, 2.45) is 0 Å². The van der Waals surface area contributed by atoms with Crippen LogP contribution in [0.2, 0.25) is 0 Å². The fraction of sp³-hybridized carbons (Fsp3) is 0.292. The van der Waals surface area contributed by atoms with E-state index in [0.717, 1.165) is 16.5 Å². The number of fused-ring (bicyclic) bond motifs is 1. The predicted octanol–water partition coefficient (Wildman–Crippen LogP) is 2.56. The lowest BCUT2D eigenvalue weighted by Crippen LogP contribution is -2.43. The molecule has 1 aromatic heterocycles. The van der Waals surface area contributed by atoms with Crippen molar-refractivity contribution < 1.29 is 28.2 Å². The van der Waals surface area contributed by atoms with Crippen molar-refractivity contribution in [3.8, 4) is 5.75 Å². The monoisotopic (exact) mass is 455 g/mol. The van der Waals surface area contributed by atoms with Crippen LogP contribution in [0.25, 0.3) is 10.9 Å². The maximum absolute atomic E-state index is 13.9. The first-order valence-electron chi connectivity index (χ1n) is 10.3. The largest absolute Gasteiger partial charge is 0.494 e. The Morgan fingerprint density at radius 2 is 1.94 bits per heavy atom. The number of H-pyrrole nitrogens is 1. The SMILES string of the molecule is COc1ccc(CN(C)C(=O)COC(=O)[C@H](Cc2c[nH]c3ccccc23)NC(C)=O)cc1F. The molecule has 174 valence electrons. The number of carbonyl (C=O) groups is 3. The van der Waals surface area contributed by atoms with Gasteiger partial charge in [-0.15, -0.1) is 0 Å². The molecule has 0 aliphatic carbocycles. The summed E-state index contributed by atoms with van der Waals surface area (Å²) in [6.07, 6.45) is 1.98. The van der Waals surface area contributed by atoms with Crippen molar-refractivity contribution >= 4 is 28.7 Å². The van der Waals surface area contributed by atoms with E-state index in [0.29, 0.717) is 5.56 Å². The summed E-state index contributed by atoms with van der Waals surface area (Å²) in [5, 5.41) is 3.52. The van der Waals surface area contributed by atoms with Gasteiger partial charge in [0.05, 0.1) is 7.11 Å². The Bertz CT molecular complexity index is 1160. The van der Waals surface area contributed by atoms with Crippen LogP contribution in [-0.4, -0.2) is 54.5 Å². The maximum atomic E-state index is 13.9. The van der Waals surface area contributed by atoms with Crippen LogP contribution in [0.1, 0.15) is 18.1 Å². The van der Waals surface area contributed by atoms with Crippen LogP contribution in [-0.2, 0) is 32.1 Å². The summed E-state index contributed by atoms with van der Waals surface area (Å²) < 4.78 is 23.9. The smallest absolute Gasteiger partial charge is 0.329 e. The summed E-state index contributed by atoms with van der Waals surface area (Å²) in [7, 11) is 2.89. The van der Waals surface area contributed by atoms with E-state index in [9.17, 15) is 18.8 Å². The molecule has 1 atom stereocenters. The van der Waals surface area contributed by atoms with Crippen LogP contribution in [0.15, 0.2) is 48.7 Å². The van der Waals surface area contributed by atoms with Gasteiger partial charge in [0, 0.05) is 44.0 Å².